The maximum atomic E-state index is 12.3. The van der Waals surface area contributed by atoms with Crippen LogP contribution in [0, 0.1) is 5.92 Å². The van der Waals surface area contributed by atoms with Crippen LogP contribution in [0.4, 0.5) is 0 Å². The van der Waals surface area contributed by atoms with E-state index in [-0.39, 0.29) is 18.3 Å². The fourth-order valence-corrected chi connectivity index (χ4v) is 3.10. The van der Waals surface area contributed by atoms with E-state index in [9.17, 15) is 4.79 Å². The third kappa shape index (κ3) is 6.21. The molecule has 0 unspecified atom stereocenters. The van der Waals surface area contributed by atoms with Gasteiger partial charge in [-0.15, -0.1) is 12.4 Å². The fraction of sp³-hybridized carbons (Fsp3) is 0.588. The van der Waals surface area contributed by atoms with Crippen molar-refractivity contribution in [3.05, 3.63) is 28.8 Å². The van der Waals surface area contributed by atoms with Gasteiger partial charge in [0.2, 0.25) is 5.91 Å². The summed E-state index contributed by atoms with van der Waals surface area (Å²) in [5.41, 5.74) is 0.938. The van der Waals surface area contributed by atoms with E-state index in [2.05, 4.69) is 5.32 Å². The van der Waals surface area contributed by atoms with E-state index >= 15 is 0 Å². The molecule has 4 nitrogen and oxygen atoms in total. The third-order valence-electron chi connectivity index (χ3n) is 4.30. The van der Waals surface area contributed by atoms with E-state index in [0.717, 1.165) is 30.8 Å². The summed E-state index contributed by atoms with van der Waals surface area (Å²) in [6, 6.07) is 5.49. The summed E-state index contributed by atoms with van der Waals surface area (Å²) in [5, 5.41) is 4.01. The molecule has 1 aromatic carbocycles. The van der Waals surface area contributed by atoms with Gasteiger partial charge in [0.15, 0.2) is 0 Å². The predicted octanol–water partition coefficient (Wildman–Crippen LogP) is 3.51. The molecule has 0 atom stereocenters. The molecule has 0 spiro atoms. The summed E-state index contributed by atoms with van der Waals surface area (Å²) < 4.78 is 5.33. The molecule has 1 aliphatic heterocycles. The molecule has 1 aliphatic rings. The number of methoxy groups -OCH3 is 1. The van der Waals surface area contributed by atoms with Crippen LogP contribution in [0.15, 0.2) is 18.2 Å². The molecule has 0 radical (unpaired) electrons. The van der Waals surface area contributed by atoms with Crippen molar-refractivity contribution in [1.82, 2.24) is 10.2 Å². The van der Waals surface area contributed by atoms with E-state index in [0.29, 0.717) is 23.9 Å². The molecule has 130 valence electrons. The Bertz CT molecular complexity index is 505. The second-order valence-corrected chi connectivity index (χ2v) is 6.37. The van der Waals surface area contributed by atoms with E-state index in [4.69, 9.17) is 16.3 Å². The number of hydrogen-bond donors (Lipinski definition) is 1. The van der Waals surface area contributed by atoms with E-state index in [1.807, 2.05) is 19.2 Å². The maximum Gasteiger partial charge on any atom is 0.222 e. The third-order valence-corrected chi connectivity index (χ3v) is 4.54. The Morgan fingerprint density at radius 3 is 2.74 bits per heavy atom. The molecule has 0 bridgehead atoms. The average molecular weight is 361 g/mol. The Balaban J connectivity index is 0.00000264. The van der Waals surface area contributed by atoms with E-state index in [1.54, 1.807) is 18.1 Å². The lowest BCUT2D eigenvalue weighted by atomic mass is 9.93. The van der Waals surface area contributed by atoms with Gasteiger partial charge in [0.1, 0.15) is 5.75 Å². The molecule has 0 saturated carbocycles. The second kappa shape index (κ2) is 10.0. The lowest BCUT2D eigenvalue weighted by molar-refractivity contribution is -0.130. The zero-order valence-corrected chi connectivity index (χ0v) is 15.4. The van der Waals surface area contributed by atoms with Crippen LogP contribution in [0.5, 0.6) is 5.75 Å². The van der Waals surface area contributed by atoms with Crippen LogP contribution in [0.3, 0.4) is 0 Å². The molecule has 1 amide bonds. The molecule has 1 saturated heterocycles. The smallest absolute Gasteiger partial charge is 0.222 e. The largest absolute Gasteiger partial charge is 0.496 e. The normalized spacial score (nSPS) is 14.9. The highest BCUT2D eigenvalue weighted by Gasteiger charge is 2.17. The highest BCUT2D eigenvalue weighted by Crippen LogP contribution is 2.24. The number of piperidine rings is 1. The topological polar surface area (TPSA) is 41.6 Å². The monoisotopic (exact) mass is 360 g/mol. The van der Waals surface area contributed by atoms with Gasteiger partial charge in [-0.3, -0.25) is 4.79 Å². The van der Waals surface area contributed by atoms with Crippen molar-refractivity contribution in [2.75, 3.05) is 27.2 Å². The number of halogens is 2. The summed E-state index contributed by atoms with van der Waals surface area (Å²) in [6.07, 6.45) is 3.96. The number of amides is 1. The summed E-state index contributed by atoms with van der Waals surface area (Å²) in [6.45, 7) is 2.68. The molecule has 0 aromatic heterocycles. The van der Waals surface area contributed by atoms with Crippen molar-refractivity contribution in [1.29, 1.82) is 0 Å². The molecule has 0 aliphatic carbocycles. The number of carbonyl (C=O) groups excluding carboxylic acids is 1. The molecule has 1 heterocycles. The first-order chi connectivity index (χ1) is 10.6. The Hall–Kier alpha value is -0.970. The molecule has 1 aromatic rings. The first-order valence-corrected chi connectivity index (χ1v) is 8.25. The zero-order valence-electron chi connectivity index (χ0n) is 13.8. The van der Waals surface area contributed by atoms with Crippen LogP contribution >= 0.6 is 24.0 Å². The van der Waals surface area contributed by atoms with Crippen molar-refractivity contribution in [3.63, 3.8) is 0 Å². The molecule has 1 N–H and O–H groups in total. The number of ether oxygens (including phenoxy) is 1. The molecular formula is C17H26Cl2N2O2. The maximum absolute atomic E-state index is 12.3. The Morgan fingerprint density at radius 1 is 1.39 bits per heavy atom. The van der Waals surface area contributed by atoms with Crippen LogP contribution in [0.2, 0.25) is 5.02 Å². The standard InChI is InChI=1S/C17H25ClN2O2.ClH/c1-20(12-14-11-15(18)4-5-16(14)22-2)17(21)6-3-13-7-9-19-10-8-13;/h4-5,11,13,19H,3,6-10,12H2,1-2H3;1H. The van der Waals surface area contributed by atoms with Gasteiger partial charge >= 0.3 is 0 Å². The van der Waals surface area contributed by atoms with Crippen molar-refractivity contribution in [2.45, 2.75) is 32.2 Å². The Labute approximate surface area is 149 Å². The Kier molecular flexibility index (Phi) is 8.74. The first-order valence-electron chi connectivity index (χ1n) is 7.87. The summed E-state index contributed by atoms with van der Waals surface area (Å²) in [4.78, 5) is 14.1. The van der Waals surface area contributed by atoms with Crippen molar-refractivity contribution >= 4 is 29.9 Å². The number of benzene rings is 1. The molecule has 1 fully saturated rings. The number of rotatable bonds is 6. The number of nitrogens with zero attached hydrogens (tertiary/aromatic N) is 1. The summed E-state index contributed by atoms with van der Waals surface area (Å²) >= 11 is 6.03. The van der Waals surface area contributed by atoms with Crippen LogP contribution < -0.4 is 10.1 Å². The summed E-state index contributed by atoms with van der Waals surface area (Å²) in [7, 11) is 3.47. The second-order valence-electron chi connectivity index (χ2n) is 5.94. The number of hydrogen-bond acceptors (Lipinski definition) is 3. The van der Waals surface area contributed by atoms with E-state index in [1.165, 1.54) is 12.8 Å². The lowest BCUT2D eigenvalue weighted by Gasteiger charge is -2.24. The highest BCUT2D eigenvalue weighted by molar-refractivity contribution is 6.30. The average Bonchev–Trinajstić information content (AvgIpc) is 2.53. The van der Waals surface area contributed by atoms with Crippen molar-refractivity contribution in [2.24, 2.45) is 5.92 Å². The van der Waals surface area contributed by atoms with Gasteiger partial charge < -0.3 is 15.0 Å². The van der Waals surface area contributed by atoms with Gasteiger partial charge in [0.25, 0.3) is 0 Å². The quantitative estimate of drug-likeness (QED) is 0.843. The van der Waals surface area contributed by atoms with Crippen LogP contribution in [-0.4, -0.2) is 38.1 Å². The van der Waals surface area contributed by atoms with Crippen molar-refractivity contribution in [3.8, 4) is 5.75 Å². The minimum atomic E-state index is 0. The minimum Gasteiger partial charge on any atom is -0.496 e. The van der Waals surface area contributed by atoms with Gasteiger partial charge in [0, 0.05) is 30.6 Å². The highest BCUT2D eigenvalue weighted by atomic mass is 35.5. The fourth-order valence-electron chi connectivity index (χ4n) is 2.90. The predicted molar refractivity (Wildman–Crippen MR) is 96.6 cm³/mol. The van der Waals surface area contributed by atoms with Crippen molar-refractivity contribution < 1.29 is 9.53 Å². The van der Waals surface area contributed by atoms with Gasteiger partial charge in [-0.1, -0.05) is 11.6 Å². The Morgan fingerprint density at radius 2 is 2.09 bits per heavy atom. The van der Waals surface area contributed by atoms with Crippen LogP contribution in [0.1, 0.15) is 31.2 Å². The lowest BCUT2D eigenvalue weighted by Crippen LogP contribution is -2.30. The van der Waals surface area contributed by atoms with Gasteiger partial charge in [-0.05, 0) is 56.5 Å². The minimum absolute atomic E-state index is 0. The molecule has 2 rings (SSSR count). The van der Waals surface area contributed by atoms with Crippen LogP contribution in [-0.2, 0) is 11.3 Å². The SMILES string of the molecule is COc1ccc(Cl)cc1CN(C)C(=O)CCC1CCNCC1.Cl. The van der Waals surface area contributed by atoms with Crippen LogP contribution in [0.25, 0.3) is 0 Å². The summed E-state index contributed by atoms with van der Waals surface area (Å²) in [5.74, 6) is 1.63. The molecule has 6 heteroatoms. The van der Waals surface area contributed by atoms with Gasteiger partial charge in [0.05, 0.1) is 7.11 Å². The number of carbonyl (C=O) groups is 1. The van der Waals surface area contributed by atoms with E-state index < -0.39 is 0 Å². The molecule has 23 heavy (non-hydrogen) atoms. The molecular weight excluding hydrogens is 335 g/mol. The van der Waals surface area contributed by atoms with Gasteiger partial charge in [-0.25, -0.2) is 0 Å². The van der Waals surface area contributed by atoms with Gasteiger partial charge in [-0.2, -0.15) is 0 Å². The first kappa shape index (κ1) is 20.1. The zero-order chi connectivity index (χ0) is 15.9. The number of nitrogens with one attached hydrogen (secondary N) is 1.